The summed E-state index contributed by atoms with van der Waals surface area (Å²) in [6, 6.07) is 4.73. The highest BCUT2D eigenvalue weighted by Crippen LogP contribution is 2.26. The minimum Gasteiger partial charge on any atom is -0.492 e. The molecule has 0 aliphatic carbocycles. The molecule has 4 heteroatoms. The Kier molecular flexibility index (Phi) is 3.69. The first-order chi connectivity index (χ1) is 7.16. The van der Waals surface area contributed by atoms with E-state index in [1.54, 1.807) is 19.1 Å². The summed E-state index contributed by atoms with van der Waals surface area (Å²) in [7, 11) is 0. The molecule has 0 aromatic heterocycles. The van der Waals surface area contributed by atoms with E-state index < -0.39 is 4.92 Å². The molecule has 1 aromatic rings. The minimum atomic E-state index is -0.427. The van der Waals surface area contributed by atoms with Gasteiger partial charge in [0.1, 0.15) is 5.75 Å². The number of rotatable bonds is 4. The molecule has 0 spiro atoms. The van der Waals surface area contributed by atoms with Gasteiger partial charge in [-0.3, -0.25) is 10.1 Å². The van der Waals surface area contributed by atoms with Crippen LogP contribution in [0.2, 0.25) is 0 Å². The molecule has 0 aliphatic rings. The highest BCUT2D eigenvalue weighted by atomic mass is 16.6. The molecule has 0 saturated heterocycles. The van der Waals surface area contributed by atoms with Gasteiger partial charge in [-0.1, -0.05) is 6.07 Å². The van der Waals surface area contributed by atoms with Crippen LogP contribution >= 0.6 is 0 Å². The average molecular weight is 205 g/mol. The lowest BCUT2D eigenvalue weighted by molar-refractivity contribution is -0.385. The van der Waals surface area contributed by atoms with Gasteiger partial charge in [-0.05, 0) is 13.0 Å². The number of hydrogen-bond donors (Lipinski definition) is 0. The van der Waals surface area contributed by atoms with Crippen molar-refractivity contribution < 1.29 is 9.66 Å². The number of nitro groups is 1. The highest BCUT2D eigenvalue weighted by Gasteiger charge is 2.13. The first-order valence-corrected chi connectivity index (χ1v) is 4.47. The third-order valence-corrected chi connectivity index (χ3v) is 1.96. The van der Waals surface area contributed by atoms with Gasteiger partial charge in [0.15, 0.2) is 0 Å². The number of benzene rings is 1. The van der Waals surface area contributed by atoms with E-state index >= 15 is 0 Å². The van der Waals surface area contributed by atoms with Crippen molar-refractivity contribution in [3.8, 4) is 18.1 Å². The second-order valence-electron chi connectivity index (χ2n) is 2.96. The van der Waals surface area contributed by atoms with Crippen molar-refractivity contribution in [3.05, 3.63) is 33.9 Å². The van der Waals surface area contributed by atoms with Crippen LogP contribution in [-0.2, 0) is 0 Å². The van der Waals surface area contributed by atoms with Crippen molar-refractivity contribution in [1.29, 1.82) is 0 Å². The second kappa shape index (κ2) is 5.01. The molecule has 1 rings (SSSR count). The van der Waals surface area contributed by atoms with E-state index in [2.05, 4.69) is 5.92 Å². The Morgan fingerprint density at radius 1 is 1.60 bits per heavy atom. The fourth-order valence-electron chi connectivity index (χ4n) is 1.18. The molecule has 15 heavy (non-hydrogen) atoms. The summed E-state index contributed by atoms with van der Waals surface area (Å²) in [6.45, 7) is 2.03. The fraction of sp³-hybridized carbons (Fsp3) is 0.273. The third kappa shape index (κ3) is 2.71. The quantitative estimate of drug-likeness (QED) is 0.328. The van der Waals surface area contributed by atoms with Crippen LogP contribution in [0.1, 0.15) is 12.0 Å². The van der Waals surface area contributed by atoms with Crippen LogP contribution in [-0.4, -0.2) is 11.5 Å². The maximum absolute atomic E-state index is 10.6. The molecule has 78 valence electrons. The van der Waals surface area contributed by atoms with Gasteiger partial charge in [-0.15, -0.1) is 12.3 Å². The van der Waals surface area contributed by atoms with Gasteiger partial charge in [-0.2, -0.15) is 0 Å². The molecule has 0 atom stereocenters. The Morgan fingerprint density at radius 2 is 2.33 bits per heavy atom. The number of terminal acetylenes is 1. The predicted octanol–water partition coefficient (Wildman–Crippen LogP) is 2.31. The molecule has 0 bridgehead atoms. The maximum Gasteiger partial charge on any atom is 0.276 e. The molecule has 0 N–H and O–H groups in total. The first-order valence-electron chi connectivity index (χ1n) is 4.47. The van der Waals surface area contributed by atoms with Crippen LogP contribution in [0.4, 0.5) is 5.69 Å². The van der Waals surface area contributed by atoms with E-state index in [4.69, 9.17) is 11.2 Å². The van der Waals surface area contributed by atoms with Gasteiger partial charge in [-0.25, -0.2) is 0 Å². The number of nitrogens with zero attached hydrogens (tertiary/aromatic N) is 1. The van der Waals surface area contributed by atoms with E-state index in [-0.39, 0.29) is 5.69 Å². The van der Waals surface area contributed by atoms with E-state index in [1.807, 2.05) is 0 Å². The number of ether oxygens (including phenoxy) is 1. The molecule has 1 aromatic carbocycles. The lowest BCUT2D eigenvalue weighted by Gasteiger charge is -2.07. The van der Waals surface area contributed by atoms with Crippen LogP contribution in [0.3, 0.4) is 0 Å². The summed E-state index contributed by atoms with van der Waals surface area (Å²) in [5, 5.41) is 10.6. The molecule has 4 nitrogen and oxygen atoms in total. The molecule has 0 radical (unpaired) electrons. The van der Waals surface area contributed by atoms with Gasteiger partial charge in [0.05, 0.1) is 17.1 Å². The van der Waals surface area contributed by atoms with Crippen LogP contribution in [0, 0.1) is 29.4 Å². The van der Waals surface area contributed by atoms with Crippen molar-refractivity contribution in [1.82, 2.24) is 0 Å². The van der Waals surface area contributed by atoms with Gasteiger partial charge >= 0.3 is 0 Å². The summed E-state index contributed by atoms with van der Waals surface area (Å²) in [4.78, 5) is 10.2. The zero-order chi connectivity index (χ0) is 11.3. The zero-order valence-electron chi connectivity index (χ0n) is 8.40. The van der Waals surface area contributed by atoms with Gasteiger partial charge in [0.2, 0.25) is 0 Å². The standard InChI is InChI=1S/C11H11NO3/c1-3-4-8-15-11-7-5-6-10(9(11)2)12(13)14/h1,5-7H,4,8H2,2H3. The second-order valence-corrected chi connectivity index (χ2v) is 2.96. The Bertz CT molecular complexity index is 407. The smallest absolute Gasteiger partial charge is 0.276 e. The summed E-state index contributed by atoms with van der Waals surface area (Å²) in [5.41, 5.74) is 0.590. The molecular weight excluding hydrogens is 194 g/mol. The lowest BCUT2D eigenvalue weighted by atomic mass is 10.2. The van der Waals surface area contributed by atoms with Gasteiger partial charge < -0.3 is 4.74 Å². The van der Waals surface area contributed by atoms with E-state index in [0.717, 1.165) is 0 Å². The van der Waals surface area contributed by atoms with Crippen LogP contribution in [0.25, 0.3) is 0 Å². The number of hydrogen-bond acceptors (Lipinski definition) is 3. The molecule has 0 aliphatic heterocycles. The molecule has 0 fully saturated rings. The summed E-state index contributed by atoms with van der Waals surface area (Å²) < 4.78 is 5.32. The Morgan fingerprint density at radius 3 is 2.93 bits per heavy atom. The zero-order valence-corrected chi connectivity index (χ0v) is 8.40. The van der Waals surface area contributed by atoms with Crippen molar-refractivity contribution in [3.63, 3.8) is 0 Å². The minimum absolute atomic E-state index is 0.0632. The number of nitro benzene ring substituents is 1. The molecule has 0 heterocycles. The molecule has 0 saturated carbocycles. The summed E-state index contributed by atoms with van der Waals surface area (Å²) >= 11 is 0. The van der Waals surface area contributed by atoms with Gasteiger partial charge in [0, 0.05) is 12.5 Å². The van der Waals surface area contributed by atoms with Crippen molar-refractivity contribution in [2.75, 3.05) is 6.61 Å². The van der Waals surface area contributed by atoms with Crippen LogP contribution in [0.15, 0.2) is 18.2 Å². The Balaban J connectivity index is 2.86. The highest BCUT2D eigenvalue weighted by molar-refractivity contribution is 5.48. The van der Waals surface area contributed by atoms with Crippen molar-refractivity contribution >= 4 is 5.69 Å². The molecule has 0 amide bonds. The average Bonchev–Trinajstić information content (AvgIpc) is 2.20. The lowest BCUT2D eigenvalue weighted by Crippen LogP contribution is -1.99. The summed E-state index contributed by atoms with van der Waals surface area (Å²) in [6.07, 6.45) is 5.56. The molecule has 0 unspecified atom stereocenters. The fourth-order valence-corrected chi connectivity index (χ4v) is 1.18. The van der Waals surface area contributed by atoms with Crippen LogP contribution < -0.4 is 4.74 Å². The van der Waals surface area contributed by atoms with Crippen molar-refractivity contribution in [2.45, 2.75) is 13.3 Å². The Labute approximate surface area is 88.0 Å². The van der Waals surface area contributed by atoms with Crippen LogP contribution in [0.5, 0.6) is 5.75 Å². The Hall–Kier alpha value is -2.02. The first kappa shape index (κ1) is 11.1. The SMILES string of the molecule is C#CCCOc1cccc([N+](=O)[O-])c1C. The largest absolute Gasteiger partial charge is 0.492 e. The maximum atomic E-state index is 10.6. The normalized spacial score (nSPS) is 9.33. The predicted molar refractivity (Wildman–Crippen MR) is 56.8 cm³/mol. The molecular formula is C11H11NO3. The van der Waals surface area contributed by atoms with E-state index in [1.165, 1.54) is 6.07 Å². The van der Waals surface area contributed by atoms with Crippen molar-refractivity contribution in [2.24, 2.45) is 0 Å². The topological polar surface area (TPSA) is 52.4 Å². The van der Waals surface area contributed by atoms with E-state index in [9.17, 15) is 10.1 Å². The monoisotopic (exact) mass is 205 g/mol. The summed E-state index contributed by atoms with van der Waals surface area (Å²) in [5.74, 6) is 2.95. The van der Waals surface area contributed by atoms with Gasteiger partial charge in [0.25, 0.3) is 5.69 Å². The van der Waals surface area contributed by atoms with E-state index in [0.29, 0.717) is 24.3 Å². The third-order valence-electron chi connectivity index (χ3n) is 1.96.